The van der Waals surface area contributed by atoms with Gasteiger partial charge in [-0.3, -0.25) is 9.59 Å². The minimum Gasteiger partial charge on any atom is -0.480 e. The summed E-state index contributed by atoms with van der Waals surface area (Å²) in [4.78, 5) is 25.0. The highest BCUT2D eigenvalue weighted by Crippen LogP contribution is 2.26. The number of anilines is 1. The third kappa shape index (κ3) is 3.50. The second-order valence-corrected chi connectivity index (χ2v) is 5.95. The zero-order chi connectivity index (χ0) is 14.7. The highest BCUT2D eigenvalue weighted by Gasteiger charge is 2.29. The molecule has 0 spiro atoms. The number of nitrogen functional groups attached to an aromatic ring is 1. The summed E-state index contributed by atoms with van der Waals surface area (Å²) in [7, 11) is 0. The van der Waals surface area contributed by atoms with Crippen molar-refractivity contribution < 1.29 is 14.7 Å². The van der Waals surface area contributed by atoms with Crippen LogP contribution in [0.1, 0.15) is 36.0 Å². The highest BCUT2D eigenvalue weighted by atomic mass is 79.9. The number of hydrogen-bond donors (Lipinski definition) is 2. The Balaban J connectivity index is 2.26. The first-order valence-electron chi connectivity index (χ1n) is 6.56. The Morgan fingerprint density at radius 2 is 1.95 bits per heavy atom. The van der Waals surface area contributed by atoms with E-state index in [-0.39, 0.29) is 18.5 Å². The fourth-order valence-electron chi connectivity index (χ4n) is 2.63. The number of nitrogens with zero attached hydrogens (tertiary/aromatic N) is 1. The molecular formula is C14H17BrN2O3. The van der Waals surface area contributed by atoms with E-state index in [0.717, 1.165) is 25.7 Å². The molecule has 2 rings (SSSR count). The molecule has 1 saturated carbocycles. The first-order valence-corrected chi connectivity index (χ1v) is 7.35. The summed E-state index contributed by atoms with van der Waals surface area (Å²) < 4.78 is 0.711. The lowest BCUT2D eigenvalue weighted by Gasteiger charge is -2.27. The lowest BCUT2D eigenvalue weighted by molar-refractivity contribution is -0.138. The number of carbonyl (C=O) groups is 2. The summed E-state index contributed by atoms with van der Waals surface area (Å²) in [6.45, 7) is -0.268. The maximum atomic E-state index is 12.6. The zero-order valence-electron chi connectivity index (χ0n) is 11.0. The van der Waals surface area contributed by atoms with E-state index < -0.39 is 5.97 Å². The number of halogens is 1. The van der Waals surface area contributed by atoms with Gasteiger partial charge < -0.3 is 15.7 Å². The van der Waals surface area contributed by atoms with E-state index in [1.807, 2.05) is 0 Å². The fourth-order valence-corrected chi connectivity index (χ4v) is 3.14. The van der Waals surface area contributed by atoms with Gasteiger partial charge in [0.2, 0.25) is 0 Å². The van der Waals surface area contributed by atoms with Gasteiger partial charge in [0.25, 0.3) is 5.91 Å². The molecule has 0 unspecified atom stereocenters. The number of hydrogen-bond acceptors (Lipinski definition) is 3. The molecule has 108 valence electrons. The van der Waals surface area contributed by atoms with Gasteiger partial charge in [0.15, 0.2) is 0 Å². The molecule has 0 atom stereocenters. The smallest absolute Gasteiger partial charge is 0.323 e. The van der Waals surface area contributed by atoms with E-state index in [1.165, 1.54) is 4.90 Å². The Morgan fingerprint density at radius 1 is 1.30 bits per heavy atom. The van der Waals surface area contributed by atoms with Gasteiger partial charge in [0.1, 0.15) is 6.54 Å². The molecular weight excluding hydrogens is 324 g/mol. The van der Waals surface area contributed by atoms with Crippen molar-refractivity contribution in [3.63, 3.8) is 0 Å². The molecule has 0 saturated heterocycles. The monoisotopic (exact) mass is 340 g/mol. The summed E-state index contributed by atoms with van der Waals surface area (Å²) in [6, 6.07) is 4.96. The van der Waals surface area contributed by atoms with Crippen LogP contribution < -0.4 is 5.73 Å². The molecule has 1 amide bonds. The molecule has 0 radical (unpaired) electrons. The average Bonchev–Trinajstić information content (AvgIpc) is 2.87. The van der Waals surface area contributed by atoms with E-state index in [9.17, 15) is 9.59 Å². The Hall–Kier alpha value is -1.56. The molecule has 20 heavy (non-hydrogen) atoms. The summed E-state index contributed by atoms with van der Waals surface area (Å²) in [6.07, 6.45) is 3.80. The quantitative estimate of drug-likeness (QED) is 0.825. The van der Waals surface area contributed by atoms with E-state index >= 15 is 0 Å². The second-order valence-electron chi connectivity index (χ2n) is 5.04. The molecule has 0 bridgehead atoms. The second kappa shape index (κ2) is 6.26. The molecule has 0 aliphatic heterocycles. The first-order chi connectivity index (χ1) is 9.47. The number of carbonyl (C=O) groups excluding carboxylic acids is 1. The van der Waals surface area contributed by atoms with Gasteiger partial charge in [-0.05, 0) is 31.0 Å². The SMILES string of the molecule is Nc1cc(Br)cc(C(=O)N(CC(=O)O)C2CCCC2)c1. The largest absolute Gasteiger partial charge is 0.480 e. The highest BCUT2D eigenvalue weighted by molar-refractivity contribution is 9.10. The molecule has 3 N–H and O–H groups in total. The van der Waals surface area contributed by atoms with Gasteiger partial charge >= 0.3 is 5.97 Å². The van der Waals surface area contributed by atoms with Gasteiger partial charge in [-0.25, -0.2) is 0 Å². The predicted octanol–water partition coefficient (Wildman–Crippen LogP) is 2.50. The van der Waals surface area contributed by atoms with Crippen LogP contribution in [0, 0.1) is 0 Å². The van der Waals surface area contributed by atoms with Crippen molar-refractivity contribution in [1.29, 1.82) is 0 Å². The Morgan fingerprint density at radius 3 is 2.50 bits per heavy atom. The van der Waals surface area contributed by atoms with Crippen LogP contribution in [0.3, 0.4) is 0 Å². The van der Waals surface area contributed by atoms with Crippen LogP contribution in [0.5, 0.6) is 0 Å². The Kier molecular flexibility index (Phi) is 4.65. The molecule has 1 aliphatic rings. The topological polar surface area (TPSA) is 83.6 Å². The van der Waals surface area contributed by atoms with Crippen LogP contribution >= 0.6 is 15.9 Å². The van der Waals surface area contributed by atoms with Crippen LogP contribution in [0.2, 0.25) is 0 Å². The van der Waals surface area contributed by atoms with Crippen molar-refractivity contribution in [2.75, 3.05) is 12.3 Å². The van der Waals surface area contributed by atoms with Crippen LogP contribution in [-0.2, 0) is 4.79 Å². The lowest BCUT2D eigenvalue weighted by atomic mass is 10.1. The standard InChI is InChI=1S/C14H17BrN2O3/c15-10-5-9(6-11(16)7-10)14(20)17(8-13(18)19)12-3-1-2-4-12/h5-7,12H,1-4,8,16H2,(H,18,19). The minimum absolute atomic E-state index is 0.0128. The average molecular weight is 341 g/mol. The zero-order valence-corrected chi connectivity index (χ0v) is 12.6. The van der Waals surface area contributed by atoms with Crippen molar-refractivity contribution in [3.8, 4) is 0 Å². The molecule has 0 heterocycles. The van der Waals surface area contributed by atoms with Crippen molar-refractivity contribution in [2.24, 2.45) is 0 Å². The molecule has 5 nitrogen and oxygen atoms in total. The maximum absolute atomic E-state index is 12.6. The molecule has 6 heteroatoms. The summed E-state index contributed by atoms with van der Waals surface area (Å²) in [5.41, 5.74) is 6.63. The van der Waals surface area contributed by atoms with Crippen molar-refractivity contribution >= 4 is 33.5 Å². The number of nitrogens with two attached hydrogens (primary N) is 1. The molecule has 1 aromatic carbocycles. The number of aliphatic carboxylic acids is 1. The molecule has 1 aliphatic carbocycles. The number of rotatable bonds is 4. The van der Waals surface area contributed by atoms with Crippen LogP contribution in [0.15, 0.2) is 22.7 Å². The third-order valence-corrected chi connectivity index (χ3v) is 3.96. The summed E-state index contributed by atoms with van der Waals surface area (Å²) in [5, 5.41) is 9.02. The maximum Gasteiger partial charge on any atom is 0.323 e. The summed E-state index contributed by atoms with van der Waals surface area (Å²) >= 11 is 3.30. The number of benzene rings is 1. The lowest BCUT2D eigenvalue weighted by Crippen LogP contribution is -2.42. The van der Waals surface area contributed by atoms with E-state index in [4.69, 9.17) is 10.8 Å². The number of amides is 1. The molecule has 1 aromatic rings. The van der Waals surface area contributed by atoms with E-state index in [2.05, 4.69) is 15.9 Å². The first kappa shape index (κ1) is 14.8. The Bertz CT molecular complexity index is 507. The van der Waals surface area contributed by atoms with Crippen LogP contribution in [0.4, 0.5) is 5.69 Å². The van der Waals surface area contributed by atoms with Crippen LogP contribution in [-0.4, -0.2) is 34.5 Å². The molecule has 1 fully saturated rings. The Labute approximate surface area is 125 Å². The van der Waals surface area contributed by atoms with E-state index in [0.29, 0.717) is 15.7 Å². The van der Waals surface area contributed by atoms with Crippen LogP contribution in [0.25, 0.3) is 0 Å². The van der Waals surface area contributed by atoms with E-state index in [1.54, 1.807) is 18.2 Å². The minimum atomic E-state index is -0.992. The van der Waals surface area contributed by atoms with Gasteiger partial charge in [-0.1, -0.05) is 28.8 Å². The fraction of sp³-hybridized carbons (Fsp3) is 0.429. The van der Waals surface area contributed by atoms with Crippen molar-refractivity contribution in [1.82, 2.24) is 4.90 Å². The third-order valence-electron chi connectivity index (χ3n) is 3.50. The number of carboxylic acid groups (broad SMARTS) is 1. The normalized spacial score (nSPS) is 15.2. The van der Waals surface area contributed by atoms with Gasteiger partial charge in [0.05, 0.1) is 0 Å². The summed E-state index contributed by atoms with van der Waals surface area (Å²) in [5.74, 6) is -1.26. The van der Waals surface area contributed by atoms with Crippen molar-refractivity contribution in [2.45, 2.75) is 31.7 Å². The van der Waals surface area contributed by atoms with Gasteiger partial charge in [0, 0.05) is 21.8 Å². The van der Waals surface area contributed by atoms with Crippen molar-refractivity contribution in [3.05, 3.63) is 28.2 Å². The molecule has 0 aromatic heterocycles. The number of carboxylic acids is 1. The van der Waals surface area contributed by atoms with Gasteiger partial charge in [-0.15, -0.1) is 0 Å². The predicted molar refractivity (Wildman–Crippen MR) is 79.5 cm³/mol. The van der Waals surface area contributed by atoms with Gasteiger partial charge in [-0.2, -0.15) is 0 Å².